The van der Waals surface area contributed by atoms with E-state index in [2.05, 4.69) is 16.9 Å². The Morgan fingerprint density at radius 2 is 1.90 bits per heavy atom. The maximum Gasteiger partial charge on any atom is 0.188 e. The van der Waals surface area contributed by atoms with E-state index in [1.165, 1.54) is 12.1 Å². The Balaban J connectivity index is 0.00000361. The molecule has 1 rings (SSSR count). The van der Waals surface area contributed by atoms with Gasteiger partial charge in [-0.25, -0.2) is 13.8 Å². The van der Waals surface area contributed by atoms with Crippen molar-refractivity contribution in [3.05, 3.63) is 47.5 Å². The number of hydrogen-bond donors (Lipinski definition) is 2. The normalized spacial score (nSPS) is 10.8. The highest BCUT2D eigenvalue weighted by atomic mass is 127. The molecule has 1 aromatic carbocycles. The van der Waals surface area contributed by atoms with Gasteiger partial charge < -0.3 is 11.1 Å². The molecule has 0 aliphatic rings. The molecule has 0 radical (unpaired) electrons. The lowest BCUT2D eigenvalue weighted by Gasteiger charge is -2.06. The minimum atomic E-state index is -0.550. The number of halogens is 3. The minimum absolute atomic E-state index is 0. The molecule has 0 heterocycles. The summed E-state index contributed by atoms with van der Waals surface area (Å²) in [6.07, 6.45) is 1.29. The van der Waals surface area contributed by atoms with Crippen molar-refractivity contribution in [2.45, 2.75) is 19.8 Å². The van der Waals surface area contributed by atoms with Gasteiger partial charge in [0.1, 0.15) is 11.6 Å². The van der Waals surface area contributed by atoms with E-state index in [1.54, 1.807) is 0 Å². The van der Waals surface area contributed by atoms with Crippen molar-refractivity contribution in [3.63, 3.8) is 0 Å². The Labute approximate surface area is 135 Å². The molecule has 0 atom stereocenters. The first-order valence-electron chi connectivity index (χ1n) is 6.10. The zero-order valence-electron chi connectivity index (χ0n) is 11.5. The van der Waals surface area contributed by atoms with Gasteiger partial charge in [-0.2, -0.15) is 0 Å². The second-order valence-corrected chi connectivity index (χ2v) is 4.47. The summed E-state index contributed by atoms with van der Waals surface area (Å²) >= 11 is 0. The third-order valence-corrected chi connectivity index (χ3v) is 2.39. The van der Waals surface area contributed by atoms with E-state index in [1.807, 2.05) is 6.92 Å². The molecule has 0 bridgehead atoms. The van der Waals surface area contributed by atoms with E-state index >= 15 is 0 Å². The van der Waals surface area contributed by atoms with E-state index in [4.69, 9.17) is 5.73 Å². The first-order valence-corrected chi connectivity index (χ1v) is 6.10. The summed E-state index contributed by atoms with van der Waals surface area (Å²) < 4.78 is 25.9. The number of aliphatic imine (C=N–C) groups is 1. The van der Waals surface area contributed by atoms with E-state index in [9.17, 15) is 8.78 Å². The fraction of sp³-hybridized carbons (Fsp3) is 0.357. The maximum atomic E-state index is 12.9. The van der Waals surface area contributed by atoms with Crippen LogP contribution in [0.15, 0.2) is 35.3 Å². The Kier molecular flexibility index (Phi) is 9.11. The number of aryl methyl sites for hydroxylation is 1. The lowest BCUT2D eigenvalue weighted by atomic mass is 10.1. The number of guanidine groups is 1. The second-order valence-electron chi connectivity index (χ2n) is 4.47. The highest BCUT2D eigenvalue weighted by Gasteiger charge is 2.00. The van der Waals surface area contributed by atoms with Gasteiger partial charge in [0.2, 0.25) is 0 Å². The van der Waals surface area contributed by atoms with Crippen molar-refractivity contribution in [2.75, 3.05) is 13.1 Å². The molecule has 0 aliphatic carbocycles. The van der Waals surface area contributed by atoms with Crippen LogP contribution in [-0.4, -0.2) is 19.0 Å². The third-order valence-electron chi connectivity index (χ3n) is 2.39. The summed E-state index contributed by atoms with van der Waals surface area (Å²) in [5.41, 5.74) is 7.19. The number of benzene rings is 1. The molecular weight excluding hydrogens is 375 g/mol. The fourth-order valence-corrected chi connectivity index (χ4v) is 1.54. The van der Waals surface area contributed by atoms with Crippen LogP contribution in [0.1, 0.15) is 18.9 Å². The van der Waals surface area contributed by atoms with Gasteiger partial charge in [0.25, 0.3) is 0 Å². The van der Waals surface area contributed by atoms with Crippen LogP contribution in [-0.2, 0) is 6.42 Å². The van der Waals surface area contributed by atoms with Crippen LogP contribution in [0.25, 0.3) is 0 Å². The largest absolute Gasteiger partial charge is 0.370 e. The molecule has 0 unspecified atom stereocenters. The third kappa shape index (κ3) is 8.08. The molecule has 1 aromatic rings. The molecule has 0 saturated heterocycles. The second kappa shape index (κ2) is 9.68. The van der Waals surface area contributed by atoms with Gasteiger partial charge in [0.15, 0.2) is 5.96 Å². The number of nitrogens with two attached hydrogens (primary N) is 1. The van der Waals surface area contributed by atoms with Crippen LogP contribution < -0.4 is 11.1 Å². The summed E-state index contributed by atoms with van der Waals surface area (Å²) in [5, 5.41) is 2.94. The minimum Gasteiger partial charge on any atom is -0.370 e. The zero-order valence-corrected chi connectivity index (χ0v) is 13.8. The van der Waals surface area contributed by atoms with Gasteiger partial charge in [0.05, 0.1) is 6.54 Å². The van der Waals surface area contributed by atoms with Crippen LogP contribution in [0, 0.1) is 11.6 Å². The number of hydrogen-bond acceptors (Lipinski definition) is 1. The highest BCUT2D eigenvalue weighted by Crippen LogP contribution is 2.09. The molecule has 3 nitrogen and oxygen atoms in total. The molecule has 0 saturated carbocycles. The van der Waals surface area contributed by atoms with Crippen molar-refractivity contribution >= 4 is 29.9 Å². The molecule has 0 fully saturated rings. The Bertz CT molecular complexity index is 455. The van der Waals surface area contributed by atoms with E-state index in [0.717, 1.165) is 11.6 Å². The molecule has 0 spiro atoms. The maximum absolute atomic E-state index is 12.9. The molecular formula is C14H20F2IN3. The highest BCUT2D eigenvalue weighted by molar-refractivity contribution is 14.0. The fourth-order valence-electron chi connectivity index (χ4n) is 1.54. The molecule has 20 heavy (non-hydrogen) atoms. The van der Waals surface area contributed by atoms with Crippen molar-refractivity contribution in [1.82, 2.24) is 5.32 Å². The van der Waals surface area contributed by atoms with Gasteiger partial charge in [0, 0.05) is 12.6 Å². The van der Waals surface area contributed by atoms with Crippen molar-refractivity contribution in [3.8, 4) is 0 Å². The predicted octanol–water partition coefficient (Wildman–Crippen LogP) is 3.00. The lowest BCUT2D eigenvalue weighted by molar-refractivity contribution is 0.578. The Morgan fingerprint density at radius 1 is 1.30 bits per heavy atom. The number of nitrogens with zero attached hydrogens (tertiary/aromatic N) is 1. The Morgan fingerprint density at radius 3 is 2.45 bits per heavy atom. The van der Waals surface area contributed by atoms with E-state index < -0.39 is 11.6 Å². The smallest absolute Gasteiger partial charge is 0.188 e. The summed E-state index contributed by atoms with van der Waals surface area (Å²) in [6, 6.07) is 3.53. The summed E-state index contributed by atoms with van der Waals surface area (Å²) in [6.45, 7) is 6.68. The molecule has 0 aliphatic heterocycles. The van der Waals surface area contributed by atoms with Crippen molar-refractivity contribution in [2.24, 2.45) is 10.7 Å². The van der Waals surface area contributed by atoms with Gasteiger partial charge in [-0.1, -0.05) is 12.2 Å². The van der Waals surface area contributed by atoms with Gasteiger partial charge in [-0.15, -0.1) is 24.0 Å². The average Bonchev–Trinajstić information content (AvgIpc) is 2.31. The molecule has 6 heteroatoms. The predicted molar refractivity (Wildman–Crippen MR) is 89.4 cm³/mol. The molecule has 0 aromatic heterocycles. The topological polar surface area (TPSA) is 50.4 Å². The molecule has 112 valence electrons. The lowest BCUT2D eigenvalue weighted by Crippen LogP contribution is -2.32. The average molecular weight is 395 g/mol. The first-order chi connectivity index (χ1) is 8.97. The number of nitrogens with one attached hydrogen (secondary N) is 1. The monoisotopic (exact) mass is 395 g/mol. The standard InChI is InChI=1S/C14H19F2N3.HI/c1-10(2)9-19-14(17)18-5-3-4-11-6-12(15)8-13(16)7-11;/h6-8H,1,3-5,9H2,2H3,(H3,17,18,19);1H. The van der Waals surface area contributed by atoms with Gasteiger partial charge >= 0.3 is 0 Å². The van der Waals surface area contributed by atoms with E-state index in [0.29, 0.717) is 37.5 Å². The van der Waals surface area contributed by atoms with Crippen molar-refractivity contribution < 1.29 is 8.78 Å². The van der Waals surface area contributed by atoms with Crippen LogP contribution >= 0.6 is 24.0 Å². The SMILES string of the molecule is C=C(C)CN=C(N)NCCCc1cc(F)cc(F)c1.I. The summed E-state index contributed by atoms with van der Waals surface area (Å²) in [4.78, 5) is 4.06. The first kappa shape index (κ1) is 18.8. The molecule has 3 N–H and O–H groups in total. The van der Waals surface area contributed by atoms with Crippen LogP contribution in [0.3, 0.4) is 0 Å². The van der Waals surface area contributed by atoms with Crippen LogP contribution in [0.4, 0.5) is 8.78 Å². The van der Waals surface area contributed by atoms with Crippen LogP contribution in [0.5, 0.6) is 0 Å². The van der Waals surface area contributed by atoms with Gasteiger partial charge in [-0.05, 0) is 37.5 Å². The quantitative estimate of drug-likeness (QED) is 0.256. The van der Waals surface area contributed by atoms with Crippen LogP contribution in [0.2, 0.25) is 0 Å². The zero-order chi connectivity index (χ0) is 14.3. The van der Waals surface area contributed by atoms with E-state index in [-0.39, 0.29) is 24.0 Å². The number of rotatable bonds is 6. The summed E-state index contributed by atoms with van der Waals surface area (Å²) in [5.74, 6) is -0.746. The Hall–Kier alpha value is -1.18. The summed E-state index contributed by atoms with van der Waals surface area (Å²) in [7, 11) is 0. The van der Waals surface area contributed by atoms with Crippen molar-refractivity contribution in [1.29, 1.82) is 0 Å². The molecule has 0 amide bonds. The van der Waals surface area contributed by atoms with Gasteiger partial charge in [-0.3, -0.25) is 0 Å².